The molecule has 2 N–H and O–H groups in total. The van der Waals surface area contributed by atoms with Gasteiger partial charge in [-0.05, 0) is 24.3 Å². The zero-order chi connectivity index (χ0) is 14.7. The standard InChI is InChI=1S/C16H14N4S/c1-18-13(9-17)12-7-8-15-16(20-12)14(10-21-15)19-11-5-3-2-4-6-11/h2-10,17,19H,1H3. The Balaban J connectivity index is 2.04. The van der Waals surface area contributed by atoms with E-state index < -0.39 is 0 Å². The molecule has 0 spiro atoms. The lowest BCUT2D eigenvalue weighted by molar-refractivity contribution is 1.35. The van der Waals surface area contributed by atoms with Crippen molar-refractivity contribution in [2.75, 3.05) is 12.4 Å². The van der Waals surface area contributed by atoms with E-state index in [1.165, 1.54) is 6.21 Å². The maximum atomic E-state index is 7.39. The highest BCUT2D eigenvalue weighted by Gasteiger charge is 2.09. The van der Waals surface area contributed by atoms with Crippen molar-refractivity contribution in [1.82, 2.24) is 4.98 Å². The van der Waals surface area contributed by atoms with Crippen molar-refractivity contribution < 1.29 is 0 Å². The maximum Gasteiger partial charge on any atom is 0.105 e. The number of aromatic nitrogens is 1. The maximum absolute atomic E-state index is 7.39. The molecule has 104 valence electrons. The molecule has 3 rings (SSSR count). The molecule has 2 heterocycles. The predicted octanol–water partition coefficient (Wildman–Crippen LogP) is 4.11. The average molecular weight is 294 g/mol. The van der Waals surface area contributed by atoms with E-state index in [0.717, 1.165) is 27.3 Å². The molecule has 1 aromatic carbocycles. The number of para-hydroxylation sites is 1. The van der Waals surface area contributed by atoms with Crippen LogP contribution in [0.25, 0.3) is 10.2 Å². The van der Waals surface area contributed by atoms with Crippen LogP contribution in [0.15, 0.2) is 52.8 Å². The molecule has 4 nitrogen and oxygen atoms in total. The van der Waals surface area contributed by atoms with Gasteiger partial charge in [0.25, 0.3) is 0 Å². The van der Waals surface area contributed by atoms with Gasteiger partial charge in [0.05, 0.1) is 16.1 Å². The summed E-state index contributed by atoms with van der Waals surface area (Å²) in [5.41, 5.74) is 4.21. The van der Waals surface area contributed by atoms with E-state index in [4.69, 9.17) is 5.41 Å². The van der Waals surface area contributed by atoms with Gasteiger partial charge in [0.15, 0.2) is 0 Å². The summed E-state index contributed by atoms with van der Waals surface area (Å²) in [5.74, 6) is 0. The summed E-state index contributed by atoms with van der Waals surface area (Å²) in [7, 11) is 1.67. The molecule has 5 heteroatoms. The summed E-state index contributed by atoms with van der Waals surface area (Å²) in [6, 6.07) is 13.9. The van der Waals surface area contributed by atoms with Crippen LogP contribution in [0, 0.1) is 5.41 Å². The summed E-state index contributed by atoms with van der Waals surface area (Å²) in [5, 5.41) is 12.8. The minimum atomic E-state index is 0.578. The van der Waals surface area contributed by atoms with Crippen molar-refractivity contribution in [2.45, 2.75) is 0 Å². The fraction of sp³-hybridized carbons (Fsp3) is 0.0625. The lowest BCUT2D eigenvalue weighted by Gasteiger charge is -2.05. The van der Waals surface area contributed by atoms with Gasteiger partial charge in [0.1, 0.15) is 11.2 Å². The first-order valence-electron chi connectivity index (χ1n) is 6.50. The highest BCUT2D eigenvalue weighted by Crippen LogP contribution is 2.31. The van der Waals surface area contributed by atoms with E-state index in [9.17, 15) is 0 Å². The molecular formula is C16H14N4S. The summed E-state index contributed by atoms with van der Waals surface area (Å²) in [6.07, 6.45) is 1.23. The average Bonchev–Trinajstić information content (AvgIpc) is 2.92. The van der Waals surface area contributed by atoms with Gasteiger partial charge in [0, 0.05) is 24.3 Å². The molecule has 0 radical (unpaired) electrons. The lowest BCUT2D eigenvalue weighted by atomic mass is 10.2. The quantitative estimate of drug-likeness (QED) is 0.711. The molecule has 2 aromatic heterocycles. The van der Waals surface area contributed by atoms with Crippen molar-refractivity contribution in [1.29, 1.82) is 5.41 Å². The number of aliphatic imine (C=N–C) groups is 1. The van der Waals surface area contributed by atoms with Crippen LogP contribution < -0.4 is 5.32 Å². The van der Waals surface area contributed by atoms with Gasteiger partial charge >= 0.3 is 0 Å². The number of rotatable bonds is 4. The Bertz CT molecular complexity index is 806. The number of nitrogens with zero attached hydrogens (tertiary/aromatic N) is 2. The second-order valence-corrected chi connectivity index (χ2v) is 5.35. The second-order valence-electron chi connectivity index (χ2n) is 4.44. The first-order valence-corrected chi connectivity index (χ1v) is 7.37. The first-order chi connectivity index (χ1) is 10.3. The fourth-order valence-corrected chi connectivity index (χ4v) is 2.90. The summed E-state index contributed by atoms with van der Waals surface area (Å²) >= 11 is 1.65. The molecule has 0 aliphatic heterocycles. The third kappa shape index (κ3) is 2.68. The third-order valence-corrected chi connectivity index (χ3v) is 4.05. The molecule has 0 unspecified atom stereocenters. The number of thiophene rings is 1. The number of hydrogen-bond acceptors (Lipinski definition) is 5. The highest BCUT2D eigenvalue weighted by atomic mass is 32.1. The molecule has 0 saturated carbocycles. The van der Waals surface area contributed by atoms with Gasteiger partial charge in [-0.1, -0.05) is 18.2 Å². The number of anilines is 2. The first kappa shape index (κ1) is 13.5. The van der Waals surface area contributed by atoms with Gasteiger partial charge in [-0.25, -0.2) is 4.98 Å². The van der Waals surface area contributed by atoms with Crippen molar-refractivity contribution in [3.8, 4) is 0 Å². The van der Waals surface area contributed by atoms with Crippen molar-refractivity contribution >= 4 is 44.9 Å². The van der Waals surface area contributed by atoms with E-state index >= 15 is 0 Å². The van der Waals surface area contributed by atoms with Gasteiger partial charge in [-0.3, -0.25) is 4.99 Å². The number of nitrogens with one attached hydrogen (secondary N) is 2. The zero-order valence-electron chi connectivity index (χ0n) is 11.5. The van der Waals surface area contributed by atoms with Crippen LogP contribution in [0.5, 0.6) is 0 Å². The van der Waals surface area contributed by atoms with Gasteiger partial charge in [0.2, 0.25) is 0 Å². The zero-order valence-corrected chi connectivity index (χ0v) is 12.3. The topological polar surface area (TPSA) is 61.1 Å². The SMILES string of the molecule is CN=C(C=N)c1ccc2scc(Nc3ccccc3)c2n1. The largest absolute Gasteiger partial charge is 0.353 e. The predicted molar refractivity (Wildman–Crippen MR) is 90.6 cm³/mol. The molecule has 0 aliphatic carbocycles. The minimum absolute atomic E-state index is 0.578. The Hall–Kier alpha value is -2.53. The number of pyridine rings is 1. The van der Waals surface area contributed by atoms with Crippen LogP contribution in [-0.4, -0.2) is 24.0 Å². The molecule has 0 fully saturated rings. The summed E-state index contributed by atoms with van der Waals surface area (Å²) in [4.78, 5) is 8.71. The molecule has 0 atom stereocenters. The summed E-state index contributed by atoms with van der Waals surface area (Å²) in [6.45, 7) is 0. The molecule has 0 bridgehead atoms. The Morgan fingerprint density at radius 2 is 2.05 bits per heavy atom. The minimum Gasteiger partial charge on any atom is -0.353 e. The van der Waals surface area contributed by atoms with E-state index in [0.29, 0.717) is 5.71 Å². The molecule has 0 aliphatic rings. The van der Waals surface area contributed by atoms with Crippen LogP contribution in [0.4, 0.5) is 11.4 Å². The Morgan fingerprint density at radius 3 is 2.76 bits per heavy atom. The molecule has 21 heavy (non-hydrogen) atoms. The monoisotopic (exact) mass is 294 g/mol. The fourth-order valence-electron chi connectivity index (χ4n) is 2.07. The molecule has 3 aromatic rings. The number of fused-ring (bicyclic) bond motifs is 1. The van der Waals surface area contributed by atoms with E-state index in [-0.39, 0.29) is 0 Å². The Morgan fingerprint density at radius 1 is 1.24 bits per heavy atom. The molecule has 0 amide bonds. The van der Waals surface area contributed by atoms with E-state index in [1.54, 1.807) is 18.4 Å². The Kier molecular flexibility index (Phi) is 3.75. The van der Waals surface area contributed by atoms with Crippen LogP contribution in [0.1, 0.15) is 5.69 Å². The second kappa shape index (κ2) is 5.85. The normalized spacial score (nSPS) is 11.6. The smallest absolute Gasteiger partial charge is 0.105 e. The van der Waals surface area contributed by atoms with Crippen molar-refractivity contribution in [3.05, 3.63) is 53.5 Å². The number of benzene rings is 1. The van der Waals surface area contributed by atoms with Crippen molar-refractivity contribution in [3.63, 3.8) is 0 Å². The van der Waals surface area contributed by atoms with Crippen LogP contribution >= 0.6 is 11.3 Å². The van der Waals surface area contributed by atoms with Gasteiger partial charge in [-0.15, -0.1) is 11.3 Å². The third-order valence-electron chi connectivity index (χ3n) is 3.11. The van der Waals surface area contributed by atoms with E-state index in [2.05, 4.69) is 20.7 Å². The van der Waals surface area contributed by atoms with E-state index in [1.807, 2.05) is 42.5 Å². The van der Waals surface area contributed by atoms with Crippen LogP contribution in [-0.2, 0) is 0 Å². The van der Waals surface area contributed by atoms with Gasteiger partial charge < -0.3 is 10.7 Å². The summed E-state index contributed by atoms with van der Waals surface area (Å²) < 4.78 is 1.11. The number of hydrogen-bond donors (Lipinski definition) is 2. The molecule has 0 saturated heterocycles. The van der Waals surface area contributed by atoms with Crippen molar-refractivity contribution in [2.24, 2.45) is 4.99 Å². The highest BCUT2D eigenvalue weighted by molar-refractivity contribution is 7.17. The van der Waals surface area contributed by atoms with Crippen LogP contribution in [0.2, 0.25) is 0 Å². The lowest BCUT2D eigenvalue weighted by Crippen LogP contribution is -2.04. The molecular weight excluding hydrogens is 280 g/mol. The van der Waals surface area contributed by atoms with Crippen LogP contribution in [0.3, 0.4) is 0 Å². The van der Waals surface area contributed by atoms with Gasteiger partial charge in [-0.2, -0.15) is 0 Å². The Labute approximate surface area is 126 Å².